The summed E-state index contributed by atoms with van der Waals surface area (Å²) in [5, 5.41) is 3.49. The predicted molar refractivity (Wildman–Crippen MR) is 107 cm³/mol. The van der Waals surface area contributed by atoms with E-state index in [4.69, 9.17) is 4.18 Å². The Hall–Kier alpha value is -3.10. The van der Waals surface area contributed by atoms with Crippen molar-refractivity contribution in [3.8, 4) is 5.75 Å². The van der Waals surface area contributed by atoms with Gasteiger partial charge in [-0.3, -0.25) is 14.9 Å². The fraction of sp³-hybridized carbons (Fsp3) is 0. The van der Waals surface area contributed by atoms with Gasteiger partial charge in [-0.15, -0.1) is 0 Å². The number of carbonyl (C=O) groups is 2. The molecular formula is C20H13NO5S2. The number of fused-ring (bicyclic) bond motifs is 1. The van der Waals surface area contributed by atoms with Crippen molar-refractivity contribution in [1.82, 2.24) is 5.32 Å². The smallest absolute Gasteiger partial charge is 0.339 e. The van der Waals surface area contributed by atoms with Crippen molar-refractivity contribution in [2.45, 2.75) is 4.90 Å². The minimum absolute atomic E-state index is 0.0648. The van der Waals surface area contributed by atoms with Crippen LogP contribution in [0.25, 0.3) is 16.8 Å². The summed E-state index contributed by atoms with van der Waals surface area (Å²) in [6.45, 7) is 0. The van der Waals surface area contributed by atoms with Crippen LogP contribution >= 0.6 is 11.8 Å². The van der Waals surface area contributed by atoms with Gasteiger partial charge in [-0.1, -0.05) is 42.5 Å². The Kier molecular flexibility index (Phi) is 4.66. The first-order valence-corrected chi connectivity index (χ1v) is 10.4. The van der Waals surface area contributed by atoms with Gasteiger partial charge >= 0.3 is 10.1 Å². The van der Waals surface area contributed by atoms with Crippen LogP contribution < -0.4 is 9.50 Å². The van der Waals surface area contributed by atoms with Gasteiger partial charge in [0.1, 0.15) is 10.6 Å². The Labute approximate surface area is 165 Å². The zero-order valence-electron chi connectivity index (χ0n) is 14.3. The van der Waals surface area contributed by atoms with Gasteiger partial charge in [0.15, 0.2) is 0 Å². The SMILES string of the molecule is O=C1NC(=O)/C(=C/c2ccc(OS(=O)(=O)c3ccc4ccccc4c3)cc2)S1. The van der Waals surface area contributed by atoms with E-state index in [-0.39, 0.29) is 15.6 Å². The van der Waals surface area contributed by atoms with E-state index >= 15 is 0 Å². The summed E-state index contributed by atoms with van der Waals surface area (Å²) >= 11 is 0.815. The molecule has 4 rings (SSSR count). The minimum Gasteiger partial charge on any atom is -0.379 e. The van der Waals surface area contributed by atoms with Crippen LogP contribution in [0, 0.1) is 0 Å². The molecule has 1 aliphatic heterocycles. The maximum atomic E-state index is 12.6. The molecule has 0 unspecified atom stereocenters. The molecule has 8 heteroatoms. The molecule has 0 radical (unpaired) electrons. The van der Waals surface area contributed by atoms with Crippen LogP contribution in [0.5, 0.6) is 5.75 Å². The van der Waals surface area contributed by atoms with Gasteiger partial charge in [0, 0.05) is 0 Å². The zero-order valence-corrected chi connectivity index (χ0v) is 15.9. The first kappa shape index (κ1) is 18.3. The standard InChI is InChI=1S/C20H13NO5S2/c22-19-18(27-20(23)21-19)11-13-5-8-16(9-6-13)26-28(24,25)17-10-7-14-3-1-2-4-15(14)12-17/h1-12H,(H,21,22,23)/b18-11-. The first-order chi connectivity index (χ1) is 13.4. The van der Waals surface area contributed by atoms with E-state index in [9.17, 15) is 18.0 Å². The Morgan fingerprint density at radius 3 is 2.29 bits per heavy atom. The number of nitrogens with one attached hydrogen (secondary N) is 1. The number of amides is 2. The van der Waals surface area contributed by atoms with Crippen molar-refractivity contribution in [2.24, 2.45) is 0 Å². The van der Waals surface area contributed by atoms with Gasteiger partial charge in [0.2, 0.25) is 0 Å². The van der Waals surface area contributed by atoms with Gasteiger partial charge in [0.25, 0.3) is 11.1 Å². The number of imide groups is 1. The van der Waals surface area contributed by atoms with Gasteiger partial charge in [-0.25, -0.2) is 0 Å². The monoisotopic (exact) mass is 411 g/mol. The second-order valence-corrected chi connectivity index (χ2v) is 8.53. The number of hydrogen-bond donors (Lipinski definition) is 1. The highest BCUT2D eigenvalue weighted by Gasteiger charge is 2.25. The number of carbonyl (C=O) groups excluding carboxylic acids is 2. The zero-order chi connectivity index (χ0) is 19.7. The molecule has 28 heavy (non-hydrogen) atoms. The summed E-state index contributed by atoms with van der Waals surface area (Å²) in [5.74, 6) is -0.302. The fourth-order valence-electron chi connectivity index (χ4n) is 2.69. The van der Waals surface area contributed by atoms with Crippen LogP contribution in [0.4, 0.5) is 4.79 Å². The minimum atomic E-state index is -3.98. The average Bonchev–Trinajstić information content (AvgIpc) is 2.99. The van der Waals surface area contributed by atoms with E-state index < -0.39 is 21.3 Å². The van der Waals surface area contributed by atoms with Crippen molar-refractivity contribution < 1.29 is 22.2 Å². The third kappa shape index (κ3) is 3.78. The lowest BCUT2D eigenvalue weighted by molar-refractivity contribution is -0.115. The van der Waals surface area contributed by atoms with Gasteiger partial charge < -0.3 is 4.18 Å². The molecule has 0 aromatic heterocycles. The number of benzene rings is 3. The quantitative estimate of drug-likeness (QED) is 0.517. The maximum Gasteiger partial charge on any atom is 0.339 e. The van der Waals surface area contributed by atoms with Crippen LogP contribution in [0.15, 0.2) is 76.5 Å². The fourth-order valence-corrected chi connectivity index (χ4v) is 4.34. The van der Waals surface area contributed by atoms with E-state index in [1.165, 1.54) is 18.2 Å². The van der Waals surface area contributed by atoms with E-state index in [2.05, 4.69) is 5.32 Å². The Morgan fingerprint density at radius 1 is 0.893 bits per heavy atom. The topological polar surface area (TPSA) is 89.5 Å². The van der Waals surface area contributed by atoms with Crippen LogP contribution in [-0.4, -0.2) is 19.6 Å². The van der Waals surface area contributed by atoms with Crippen molar-refractivity contribution in [2.75, 3.05) is 0 Å². The summed E-state index contributed by atoms with van der Waals surface area (Å²) in [6.07, 6.45) is 1.55. The molecule has 1 heterocycles. The normalized spacial score (nSPS) is 15.8. The Bertz CT molecular complexity index is 1230. The van der Waals surface area contributed by atoms with E-state index in [0.29, 0.717) is 5.56 Å². The van der Waals surface area contributed by atoms with Crippen molar-refractivity contribution in [3.63, 3.8) is 0 Å². The molecule has 0 atom stereocenters. The van der Waals surface area contributed by atoms with Crippen molar-refractivity contribution in [3.05, 3.63) is 77.2 Å². The van der Waals surface area contributed by atoms with Gasteiger partial charge in [-0.05, 0) is 58.4 Å². The molecule has 1 N–H and O–H groups in total. The summed E-state index contributed by atoms with van der Waals surface area (Å²) in [5.41, 5.74) is 0.641. The Balaban J connectivity index is 1.55. The van der Waals surface area contributed by atoms with Gasteiger partial charge in [0.05, 0.1) is 4.91 Å². The molecule has 0 saturated carbocycles. The van der Waals surface area contributed by atoms with Crippen LogP contribution in [0.3, 0.4) is 0 Å². The third-order valence-electron chi connectivity index (χ3n) is 4.04. The van der Waals surface area contributed by atoms with E-state index in [1.54, 1.807) is 30.3 Å². The summed E-state index contributed by atoms with van der Waals surface area (Å²) in [6, 6.07) is 18.4. The molecule has 140 valence electrons. The molecule has 3 aromatic rings. The Morgan fingerprint density at radius 2 is 1.61 bits per heavy atom. The van der Waals surface area contributed by atoms with E-state index in [0.717, 1.165) is 22.5 Å². The highest BCUT2D eigenvalue weighted by atomic mass is 32.2. The molecule has 1 aliphatic rings. The first-order valence-electron chi connectivity index (χ1n) is 8.19. The van der Waals surface area contributed by atoms with Crippen LogP contribution in [0.2, 0.25) is 0 Å². The lowest BCUT2D eigenvalue weighted by Crippen LogP contribution is -2.17. The summed E-state index contributed by atoms with van der Waals surface area (Å²) in [7, 11) is -3.98. The highest BCUT2D eigenvalue weighted by Crippen LogP contribution is 2.27. The highest BCUT2D eigenvalue weighted by molar-refractivity contribution is 8.18. The maximum absolute atomic E-state index is 12.6. The lowest BCUT2D eigenvalue weighted by atomic mass is 10.1. The summed E-state index contributed by atoms with van der Waals surface area (Å²) in [4.78, 5) is 23.1. The largest absolute Gasteiger partial charge is 0.379 e. The van der Waals surface area contributed by atoms with Gasteiger partial charge in [-0.2, -0.15) is 8.42 Å². The summed E-state index contributed by atoms with van der Waals surface area (Å²) < 4.78 is 30.3. The molecule has 0 spiro atoms. The van der Waals surface area contributed by atoms with Crippen molar-refractivity contribution in [1.29, 1.82) is 0 Å². The molecule has 0 aliphatic carbocycles. The molecule has 1 fully saturated rings. The number of rotatable bonds is 4. The van der Waals surface area contributed by atoms with E-state index in [1.807, 2.05) is 24.3 Å². The average molecular weight is 411 g/mol. The van der Waals surface area contributed by atoms with Crippen molar-refractivity contribution >= 4 is 49.9 Å². The molecular weight excluding hydrogens is 398 g/mol. The predicted octanol–water partition coefficient (Wildman–Crippen LogP) is 3.93. The number of hydrogen-bond acceptors (Lipinski definition) is 6. The molecule has 2 amide bonds. The van der Waals surface area contributed by atoms with Crippen LogP contribution in [-0.2, 0) is 14.9 Å². The molecule has 1 saturated heterocycles. The lowest BCUT2D eigenvalue weighted by Gasteiger charge is -2.08. The third-order valence-corrected chi connectivity index (χ3v) is 6.09. The second kappa shape index (κ2) is 7.14. The number of thioether (sulfide) groups is 1. The molecule has 6 nitrogen and oxygen atoms in total. The second-order valence-electron chi connectivity index (χ2n) is 5.97. The molecule has 0 bridgehead atoms. The molecule has 3 aromatic carbocycles. The van der Waals surface area contributed by atoms with Crippen LogP contribution in [0.1, 0.15) is 5.56 Å².